The zero-order valence-corrected chi connectivity index (χ0v) is 14.5. The number of nitrogens with one attached hydrogen (secondary N) is 2. The van der Waals surface area contributed by atoms with Crippen molar-refractivity contribution in [1.82, 2.24) is 5.32 Å². The fourth-order valence-corrected chi connectivity index (χ4v) is 4.62. The summed E-state index contributed by atoms with van der Waals surface area (Å²) in [6.07, 6.45) is 0.742. The summed E-state index contributed by atoms with van der Waals surface area (Å²) in [5.41, 5.74) is 1.83. The van der Waals surface area contributed by atoms with Crippen molar-refractivity contribution in [1.29, 1.82) is 0 Å². The standard InChI is InChI=1S/C18H16F2N2O3S/c19-12-2-1-3-13(16(12)20)22-18(24)15-10(6-21-17(15)23)11-8-26-14-7-25-5-4-9(11)14/h1-3,8,10,15H,4-7H2,(H,21,23)(H,22,24)/t10-,15-/m1/s1. The van der Waals surface area contributed by atoms with E-state index in [-0.39, 0.29) is 11.6 Å². The maximum Gasteiger partial charge on any atom is 0.237 e. The van der Waals surface area contributed by atoms with Gasteiger partial charge in [-0.05, 0) is 35.1 Å². The molecule has 2 aliphatic heterocycles. The van der Waals surface area contributed by atoms with Crippen molar-refractivity contribution in [3.05, 3.63) is 51.2 Å². The van der Waals surface area contributed by atoms with Gasteiger partial charge in [0.15, 0.2) is 11.6 Å². The average Bonchev–Trinajstić information content (AvgIpc) is 3.22. The van der Waals surface area contributed by atoms with Crippen LogP contribution in [-0.4, -0.2) is 25.0 Å². The van der Waals surface area contributed by atoms with Gasteiger partial charge in [0.1, 0.15) is 5.92 Å². The molecule has 2 N–H and O–H groups in total. The van der Waals surface area contributed by atoms with Gasteiger partial charge in [0.2, 0.25) is 11.8 Å². The first-order chi connectivity index (χ1) is 12.6. The second-order valence-electron chi connectivity index (χ2n) is 6.32. The number of amides is 2. The van der Waals surface area contributed by atoms with E-state index in [9.17, 15) is 18.4 Å². The Hall–Kier alpha value is -2.32. The Morgan fingerprint density at radius 3 is 3.04 bits per heavy atom. The molecule has 4 rings (SSSR count). The Bertz CT molecular complexity index is 883. The number of hydrogen-bond acceptors (Lipinski definition) is 4. The van der Waals surface area contributed by atoms with E-state index in [1.54, 1.807) is 11.3 Å². The fraction of sp³-hybridized carbons (Fsp3) is 0.333. The predicted molar refractivity (Wildman–Crippen MR) is 91.9 cm³/mol. The SMILES string of the molecule is O=C1NC[C@H](c2csc3c2CCOC3)[C@H]1C(=O)Nc1cccc(F)c1F. The van der Waals surface area contributed by atoms with Crippen LogP contribution in [-0.2, 0) is 27.4 Å². The largest absolute Gasteiger partial charge is 0.376 e. The highest BCUT2D eigenvalue weighted by Crippen LogP contribution is 2.38. The van der Waals surface area contributed by atoms with E-state index >= 15 is 0 Å². The van der Waals surface area contributed by atoms with Crippen LogP contribution in [0.15, 0.2) is 23.6 Å². The molecule has 1 fully saturated rings. The second kappa shape index (κ2) is 6.77. The molecule has 8 heteroatoms. The minimum Gasteiger partial charge on any atom is -0.376 e. The molecule has 0 aliphatic carbocycles. The molecular formula is C18H16F2N2O3S. The molecule has 2 aromatic rings. The third-order valence-corrected chi connectivity index (χ3v) is 5.84. The van der Waals surface area contributed by atoms with Gasteiger partial charge < -0.3 is 15.4 Å². The van der Waals surface area contributed by atoms with Crippen LogP contribution in [0, 0.1) is 17.6 Å². The molecule has 0 radical (unpaired) electrons. The van der Waals surface area contributed by atoms with Crippen molar-refractivity contribution in [2.75, 3.05) is 18.5 Å². The normalized spacial score (nSPS) is 22.0. The maximum absolute atomic E-state index is 13.8. The lowest BCUT2D eigenvalue weighted by atomic mass is 9.85. The van der Waals surface area contributed by atoms with Crippen LogP contribution in [0.25, 0.3) is 0 Å². The molecule has 26 heavy (non-hydrogen) atoms. The molecule has 3 heterocycles. The summed E-state index contributed by atoms with van der Waals surface area (Å²) in [7, 11) is 0. The van der Waals surface area contributed by atoms with Gasteiger partial charge in [0, 0.05) is 17.3 Å². The monoisotopic (exact) mass is 378 g/mol. The van der Waals surface area contributed by atoms with Gasteiger partial charge in [-0.2, -0.15) is 0 Å². The number of hydrogen-bond donors (Lipinski definition) is 2. The molecule has 1 aromatic heterocycles. The van der Waals surface area contributed by atoms with Gasteiger partial charge in [-0.1, -0.05) is 6.07 Å². The summed E-state index contributed by atoms with van der Waals surface area (Å²) in [6.45, 7) is 1.49. The van der Waals surface area contributed by atoms with E-state index in [0.29, 0.717) is 19.8 Å². The van der Waals surface area contributed by atoms with Gasteiger partial charge in [0.05, 0.1) is 18.9 Å². The molecule has 2 amide bonds. The van der Waals surface area contributed by atoms with E-state index in [2.05, 4.69) is 10.6 Å². The molecule has 136 valence electrons. The number of thiophene rings is 1. The minimum atomic E-state index is -1.14. The predicted octanol–water partition coefficient (Wildman–Crippen LogP) is 2.57. The molecule has 2 aliphatic rings. The lowest BCUT2D eigenvalue weighted by molar-refractivity contribution is -0.130. The van der Waals surface area contributed by atoms with Crippen molar-refractivity contribution < 1.29 is 23.1 Å². The molecule has 0 bridgehead atoms. The van der Waals surface area contributed by atoms with E-state index in [1.165, 1.54) is 12.1 Å². The summed E-state index contributed by atoms with van der Waals surface area (Å²) >= 11 is 1.56. The van der Waals surface area contributed by atoms with Crippen LogP contribution in [0.5, 0.6) is 0 Å². The number of carbonyl (C=O) groups is 2. The maximum atomic E-state index is 13.8. The van der Waals surface area contributed by atoms with Crippen LogP contribution in [0.3, 0.4) is 0 Å². The van der Waals surface area contributed by atoms with E-state index in [4.69, 9.17) is 4.74 Å². The van der Waals surface area contributed by atoms with Crippen LogP contribution >= 0.6 is 11.3 Å². The topological polar surface area (TPSA) is 67.4 Å². The Morgan fingerprint density at radius 1 is 1.35 bits per heavy atom. The molecule has 0 unspecified atom stereocenters. The molecule has 5 nitrogen and oxygen atoms in total. The first-order valence-corrected chi connectivity index (χ1v) is 9.13. The second-order valence-corrected chi connectivity index (χ2v) is 7.28. The lowest BCUT2D eigenvalue weighted by Gasteiger charge is -2.20. The van der Waals surface area contributed by atoms with E-state index in [1.807, 2.05) is 5.38 Å². The summed E-state index contributed by atoms with van der Waals surface area (Å²) in [5, 5.41) is 7.04. The summed E-state index contributed by atoms with van der Waals surface area (Å²) in [6, 6.07) is 3.53. The third-order valence-electron chi connectivity index (χ3n) is 4.82. The van der Waals surface area contributed by atoms with Crippen LogP contribution < -0.4 is 10.6 Å². The van der Waals surface area contributed by atoms with Crippen LogP contribution in [0.4, 0.5) is 14.5 Å². The van der Waals surface area contributed by atoms with Gasteiger partial charge in [0.25, 0.3) is 0 Å². The highest BCUT2D eigenvalue weighted by Gasteiger charge is 2.43. The van der Waals surface area contributed by atoms with Gasteiger partial charge >= 0.3 is 0 Å². The minimum absolute atomic E-state index is 0.269. The third kappa shape index (κ3) is 2.89. The van der Waals surface area contributed by atoms with Gasteiger partial charge in [-0.3, -0.25) is 9.59 Å². The highest BCUT2D eigenvalue weighted by molar-refractivity contribution is 7.10. The molecule has 0 saturated carbocycles. The number of rotatable bonds is 3. The Labute approximate surface area is 152 Å². The van der Waals surface area contributed by atoms with Crippen molar-refractivity contribution >= 4 is 28.8 Å². The number of ether oxygens (including phenoxy) is 1. The van der Waals surface area contributed by atoms with E-state index in [0.717, 1.165) is 28.5 Å². The number of halogens is 2. The van der Waals surface area contributed by atoms with Gasteiger partial charge in [-0.15, -0.1) is 11.3 Å². The summed E-state index contributed by atoms with van der Waals surface area (Å²) < 4.78 is 32.6. The van der Waals surface area contributed by atoms with Crippen molar-refractivity contribution in [2.45, 2.75) is 18.9 Å². The number of benzene rings is 1. The average molecular weight is 378 g/mol. The quantitative estimate of drug-likeness (QED) is 0.807. The molecule has 1 saturated heterocycles. The summed E-state index contributed by atoms with van der Waals surface area (Å²) in [5.74, 6) is -4.56. The number of fused-ring (bicyclic) bond motifs is 1. The zero-order valence-electron chi connectivity index (χ0n) is 13.7. The van der Waals surface area contributed by atoms with Crippen molar-refractivity contribution in [3.63, 3.8) is 0 Å². The first-order valence-electron chi connectivity index (χ1n) is 8.25. The lowest BCUT2D eigenvalue weighted by Crippen LogP contribution is -2.32. The van der Waals surface area contributed by atoms with Crippen LogP contribution in [0.1, 0.15) is 21.9 Å². The van der Waals surface area contributed by atoms with Crippen molar-refractivity contribution in [2.24, 2.45) is 5.92 Å². The smallest absolute Gasteiger partial charge is 0.237 e. The molecule has 1 aromatic carbocycles. The van der Waals surface area contributed by atoms with Crippen LogP contribution in [0.2, 0.25) is 0 Å². The highest BCUT2D eigenvalue weighted by atomic mass is 32.1. The molecular weight excluding hydrogens is 362 g/mol. The number of carbonyl (C=O) groups excluding carboxylic acids is 2. The van der Waals surface area contributed by atoms with Crippen molar-refractivity contribution in [3.8, 4) is 0 Å². The van der Waals surface area contributed by atoms with E-state index < -0.39 is 29.4 Å². The fourth-order valence-electron chi connectivity index (χ4n) is 3.52. The summed E-state index contributed by atoms with van der Waals surface area (Å²) in [4.78, 5) is 26.1. The Kier molecular flexibility index (Phi) is 4.46. The Morgan fingerprint density at radius 2 is 2.19 bits per heavy atom. The zero-order chi connectivity index (χ0) is 18.3. The van der Waals surface area contributed by atoms with Gasteiger partial charge in [-0.25, -0.2) is 8.78 Å². The Balaban J connectivity index is 1.61. The first kappa shape index (κ1) is 17.1. The number of anilines is 1. The molecule has 0 spiro atoms. The molecule has 2 atom stereocenters.